The summed E-state index contributed by atoms with van der Waals surface area (Å²) in [6.07, 6.45) is 9.60. The molecule has 160 valence electrons. The van der Waals surface area contributed by atoms with Gasteiger partial charge in [0.1, 0.15) is 0 Å². The number of carbonyl (C=O) groups is 1. The third-order valence-electron chi connectivity index (χ3n) is 8.57. The summed E-state index contributed by atoms with van der Waals surface area (Å²) in [5.74, 6) is 0.660. The fraction of sp³-hybridized carbons (Fsp3) is 0.818. The zero-order valence-electron chi connectivity index (χ0n) is 17.6. The van der Waals surface area contributed by atoms with E-state index in [2.05, 4.69) is 33.0 Å². The summed E-state index contributed by atoms with van der Waals surface area (Å²) in [6, 6.07) is 4.01. The Balaban J connectivity index is 1.18. The quantitative estimate of drug-likeness (QED) is 0.810. The first kappa shape index (κ1) is 19.4. The van der Waals surface area contributed by atoms with E-state index in [1.165, 1.54) is 63.9 Å². The Hall–Kier alpha value is -1.60. The molecule has 1 aliphatic carbocycles. The van der Waals surface area contributed by atoms with Crippen LogP contribution < -0.4 is 0 Å². The second kappa shape index (κ2) is 7.58. The molecule has 1 saturated carbocycles. The molecular formula is C22H35N5O2. The number of nitrogens with zero attached hydrogens (tertiary/aromatic N) is 4. The highest BCUT2D eigenvalue weighted by atomic mass is 16.4. The van der Waals surface area contributed by atoms with Gasteiger partial charge in [-0.25, -0.2) is 4.79 Å². The molecule has 1 spiro atoms. The Labute approximate surface area is 173 Å². The Morgan fingerprint density at radius 2 is 2.10 bits per heavy atom. The molecule has 1 amide bonds. The van der Waals surface area contributed by atoms with Crippen LogP contribution in [-0.2, 0) is 0 Å². The molecule has 1 aromatic heterocycles. The standard InChI is InChI=1S/C22H35N5O2/c1-2-17-20(14-22(17)8-13-26(15-22)21(28)29)25-11-6-16(7-12-25)27-10-3-4-19(27)18-5-9-23-24-18/h5,9,16-17,19-20H,2-4,6-8,10-15H2,1H3,(H,23,24)(H,28,29). The molecule has 4 heterocycles. The van der Waals surface area contributed by atoms with Crippen molar-refractivity contribution in [2.45, 2.75) is 70.0 Å². The van der Waals surface area contributed by atoms with Gasteiger partial charge in [-0.1, -0.05) is 13.3 Å². The van der Waals surface area contributed by atoms with Crippen LogP contribution >= 0.6 is 0 Å². The summed E-state index contributed by atoms with van der Waals surface area (Å²) in [7, 11) is 0. The predicted octanol–water partition coefficient (Wildman–Crippen LogP) is 3.18. The van der Waals surface area contributed by atoms with Gasteiger partial charge in [0.05, 0.1) is 11.7 Å². The largest absolute Gasteiger partial charge is 0.465 e. The molecule has 4 fully saturated rings. The van der Waals surface area contributed by atoms with Crippen molar-refractivity contribution in [1.82, 2.24) is 24.9 Å². The van der Waals surface area contributed by atoms with E-state index in [-0.39, 0.29) is 5.41 Å². The van der Waals surface area contributed by atoms with E-state index >= 15 is 0 Å². The number of carboxylic acid groups (broad SMARTS) is 1. The minimum Gasteiger partial charge on any atom is -0.465 e. The van der Waals surface area contributed by atoms with Crippen molar-refractivity contribution in [2.75, 3.05) is 32.7 Å². The van der Waals surface area contributed by atoms with Crippen molar-refractivity contribution in [3.63, 3.8) is 0 Å². The first-order valence-corrected chi connectivity index (χ1v) is 11.6. The summed E-state index contributed by atoms with van der Waals surface area (Å²) >= 11 is 0. The van der Waals surface area contributed by atoms with E-state index in [9.17, 15) is 9.90 Å². The van der Waals surface area contributed by atoms with Crippen LogP contribution in [0.4, 0.5) is 4.79 Å². The van der Waals surface area contributed by atoms with Crippen LogP contribution in [0.25, 0.3) is 0 Å². The summed E-state index contributed by atoms with van der Waals surface area (Å²) < 4.78 is 0. The molecule has 4 atom stereocenters. The van der Waals surface area contributed by atoms with E-state index in [4.69, 9.17) is 0 Å². The van der Waals surface area contributed by atoms with Crippen LogP contribution in [0.1, 0.15) is 63.6 Å². The number of rotatable bonds is 4. The van der Waals surface area contributed by atoms with Crippen LogP contribution in [0.2, 0.25) is 0 Å². The minimum atomic E-state index is -0.738. The Morgan fingerprint density at radius 3 is 2.76 bits per heavy atom. The van der Waals surface area contributed by atoms with Gasteiger partial charge in [0.25, 0.3) is 0 Å². The highest BCUT2D eigenvalue weighted by Crippen LogP contribution is 2.56. The number of piperidine rings is 1. The van der Waals surface area contributed by atoms with Crippen LogP contribution in [0.3, 0.4) is 0 Å². The molecule has 3 saturated heterocycles. The van der Waals surface area contributed by atoms with E-state index in [0.29, 0.717) is 24.0 Å². The van der Waals surface area contributed by atoms with Gasteiger partial charge in [0.15, 0.2) is 0 Å². The van der Waals surface area contributed by atoms with Gasteiger partial charge in [-0.2, -0.15) is 5.10 Å². The monoisotopic (exact) mass is 401 g/mol. The van der Waals surface area contributed by atoms with Crippen molar-refractivity contribution in [1.29, 1.82) is 0 Å². The lowest BCUT2D eigenvalue weighted by atomic mass is 9.54. The summed E-state index contributed by atoms with van der Waals surface area (Å²) in [5, 5.41) is 16.7. The van der Waals surface area contributed by atoms with E-state index < -0.39 is 6.09 Å². The van der Waals surface area contributed by atoms with Crippen LogP contribution in [0, 0.1) is 11.3 Å². The van der Waals surface area contributed by atoms with Crippen molar-refractivity contribution in [3.05, 3.63) is 18.0 Å². The maximum absolute atomic E-state index is 11.4. The van der Waals surface area contributed by atoms with Gasteiger partial charge < -0.3 is 10.0 Å². The second-order valence-corrected chi connectivity index (χ2v) is 9.78. The number of nitrogens with one attached hydrogen (secondary N) is 1. The Morgan fingerprint density at radius 1 is 1.28 bits per heavy atom. The molecule has 1 aromatic rings. The number of H-pyrrole nitrogens is 1. The molecule has 4 aliphatic rings. The highest BCUT2D eigenvalue weighted by Gasteiger charge is 2.58. The first-order valence-electron chi connectivity index (χ1n) is 11.6. The fourth-order valence-corrected chi connectivity index (χ4v) is 7.14. The Bertz CT molecular complexity index is 717. The average Bonchev–Trinajstić information content (AvgIpc) is 3.47. The molecule has 29 heavy (non-hydrogen) atoms. The average molecular weight is 402 g/mol. The summed E-state index contributed by atoms with van der Waals surface area (Å²) in [5.41, 5.74) is 1.54. The van der Waals surface area contributed by atoms with Gasteiger partial charge in [0, 0.05) is 31.4 Å². The Kier molecular flexibility index (Phi) is 5.06. The van der Waals surface area contributed by atoms with Crippen molar-refractivity contribution >= 4 is 6.09 Å². The second-order valence-electron chi connectivity index (χ2n) is 9.78. The molecule has 3 aliphatic heterocycles. The number of hydrogen-bond donors (Lipinski definition) is 2. The maximum Gasteiger partial charge on any atom is 0.407 e. The maximum atomic E-state index is 11.4. The predicted molar refractivity (Wildman–Crippen MR) is 111 cm³/mol. The van der Waals surface area contributed by atoms with Crippen molar-refractivity contribution in [3.8, 4) is 0 Å². The van der Waals surface area contributed by atoms with Crippen molar-refractivity contribution < 1.29 is 9.90 Å². The zero-order chi connectivity index (χ0) is 20.0. The number of amides is 1. The van der Waals surface area contributed by atoms with E-state index in [0.717, 1.165) is 19.5 Å². The lowest BCUT2D eigenvalue weighted by molar-refractivity contribution is -0.0829. The zero-order valence-corrected chi connectivity index (χ0v) is 17.6. The topological polar surface area (TPSA) is 75.7 Å². The van der Waals surface area contributed by atoms with Crippen LogP contribution in [0.5, 0.6) is 0 Å². The molecule has 2 N–H and O–H groups in total. The smallest absolute Gasteiger partial charge is 0.407 e. The SMILES string of the molecule is CCC1C(N2CCC(N3CCCC3c3ccn[nH]3)CC2)CC12CCN(C(=O)O)C2. The normalized spacial score (nSPS) is 36.7. The lowest BCUT2D eigenvalue weighted by Crippen LogP contribution is -2.62. The van der Waals surface area contributed by atoms with E-state index in [1.54, 1.807) is 4.90 Å². The number of aromatic amines is 1. The lowest BCUT2D eigenvalue weighted by Gasteiger charge is -2.58. The van der Waals surface area contributed by atoms with Gasteiger partial charge in [-0.15, -0.1) is 0 Å². The first-order chi connectivity index (χ1) is 14.1. The third kappa shape index (κ3) is 3.26. The van der Waals surface area contributed by atoms with Crippen LogP contribution in [-0.4, -0.2) is 80.9 Å². The summed E-state index contributed by atoms with van der Waals surface area (Å²) in [6.45, 7) is 7.38. The fourth-order valence-electron chi connectivity index (χ4n) is 7.14. The van der Waals surface area contributed by atoms with Gasteiger partial charge in [-0.3, -0.25) is 14.9 Å². The molecule has 5 rings (SSSR count). The molecule has 7 nitrogen and oxygen atoms in total. The molecule has 4 unspecified atom stereocenters. The summed E-state index contributed by atoms with van der Waals surface area (Å²) in [4.78, 5) is 18.5. The molecule has 7 heteroatoms. The van der Waals surface area contributed by atoms with Gasteiger partial charge >= 0.3 is 6.09 Å². The third-order valence-corrected chi connectivity index (χ3v) is 8.57. The van der Waals surface area contributed by atoms with Crippen LogP contribution in [0.15, 0.2) is 12.3 Å². The van der Waals surface area contributed by atoms with Gasteiger partial charge in [-0.05, 0) is 75.6 Å². The van der Waals surface area contributed by atoms with E-state index in [1.807, 2.05) is 6.20 Å². The number of hydrogen-bond acceptors (Lipinski definition) is 4. The number of likely N-dealkylation sites (tertiary alicyclic amines) is 3. The van der Waals surface area contributed by atoms with Crippen molar-refractivity contribution in [2.24, 2.45) is 11.3 Å². The molecule has 0 radical (unpaired) electrons. The molecule has 0 bridgehead atoms. The molecular weight excluding hydrogens is 366 g/mol. The van der Waals surface area contributed by atoms with Gasteiger partial charge in [0.2, 0.25) is 0 Å². The minimum absolute atomic E-state index is 0.259. The molecule has 0 aromatic carbocycles. The number of aromatic nitrogens is 2. The highest BCUT2D eigenvalue weighted by molar-refractivity contribution is 5.65.